The molecule has 110 valence electrons. The van der Waals surface area contributed by atoms with E-state index >= 15 is 0 Å². The van der Waals surface area contributed by atoms with Crippen molar-refractivity contribution in [1.82, 2.24) is 4.90 Å². The molecule has 0 spiro atoms. The van der Waals surface area contributed by atoms with Gasteiger partial charge in [-0.2, -0.15) is 0 Å². The van der Waals surface area contributed by atoms with Crippen molar-refractivity contribution >= 4 is 5.91 Å². The molecule has 1 amide bonds. The van der Waals surface area contributed by atoms with Gasteiger partial charge in [0.1, 0.15) is 5.82 Å². The number of nitrogens with zero attached hydrogens (tertiary/aromatic N) is 1. The average Bonchev–Trinajstić information content (AvgIpc) is 3.22. The van der Waals surface area contributed by atoms with E-state index in [1.807, 2.05) is 18.7 Å². The molecule has 0 radical (unpaired) electrons. The standard InChI is InChI=1S/C16H23FN2O/c1-11(2)15(18)9-16(20)19(14-7-8-14)10-12-3-5-13(17)6-4-12/h3-6,11,14-15H,7-10,18H2,1-2H3. The van der Waals surface area contributed by atoms with E-state index in [-0.39, 0.29) is 17.8 Å². The fraction of sp³-hybridized carbons (Fsp3) is 0.562. The van der Waals surface area contributed by atoms with Crippen LogP contribution >= 0.6 is 0 Å². The van der Waals surface area contributed by atoms with Crippen LogP contribution in [0.25, 0.3) is 0 Å². The van der Waals surface area contributed by atoms with Gasteiger partial charge in [0.25, 0.3) is 0 Å². The van der Waals surface area contributed by atoms with E-state index in [4.69, 9.17) is 5.73 Å². The molecule has 0 bridgehead atoms. The van der Waals surface area contributed by atoms with Crippen LogP contribution in [0.3, 0.4) is 0 Å². The van der Waals surface area contributed by atoms with Gasteiger partial charge in [-0.05, 0) is 36.5 Å². The van der Waals surface area contributed by atoms with Crippen molar-refractivity contribution < 1.29 is 9.18 Å². The van der Waals surface area contributed by atoms with Crippen LogP contribution in [0, 0.1) is 11.7 Å². The minimum Gasteiger partial charge on any atom is -0.335 e. The number of carbonyl (C=O) groups excluding carboxylic acids is 1. The van der Waals surface area contributed by atoms with E-state index in [2.05, 4.69) is 0 Å². The first kappa shape index (κ1) is 15.0. The molecule has 1 aliphatic rings. The van der Waals surface area contributed by atoms with Crippen molar-refractivity contribution in [1.29, 1.82) is 0 Å². The molecule has 1 saturated carbocycles. The molecule has 1 atom stereocenters. The monoisotopic (exact) mass is 278 g/mol. The highest BCUT2D eigenvalue weighted by Gasteiger charge is 2.33. The maximum absolute atomic E-state index is 12.9. The highest BCUT2D eigenvalue weighted by atomic mass is 19.1. The van der Waals surface area contributed by atoms with Gasteiger partial charge >= 0.3 is 0 Å². The van der Waals surface area contributed by atoms with E-state index < -0.39 is 0 Å². The third kappa shape index (κ3) is 4.04. The van der Waals surface area contributed by atoms with Gasteiger partial charge in [-0.3, -0.25) is 4.79 Å². The normalized spacial score (nSPS) is 16.2. The highest BCUT2D eigenvalue weighted by Crippen LogP contribution is 2.29. The van der Waals surface area contributed by atoms with Crippen molar-refractivity contribution in [3.63, 3.8) is 0 Å². The van der Waals surface area contributed by atoms with Crippen LogP contribution in [-0.2, 0) is 11.3 Å². The van der Waals surface area contributed by atoms with Gasteiger partial charge in [0.15, 0.2) is 0 Å². The van der Waals surface area contributed by atoms with Crippen LogP contribution in [0.15, 0.2) is 24.3 Å². The smallest absolute Gasteiger partial charge is 0.224 e. The third-order valence-corrected chi connectivity index (χ3v) is 3.84. The van der Waals surface area contributed by atoms with Crippen LogP contribution in [-0.4, -0.2) is 22.9 Å². The zero-order valence-electron chi connectivity index (χ0n) is 12.2. The molecular formula is C16H23FN2O. The predicted octanol–water partition coefficient (Wildman–Crippen LogP) is 2.69. The summed E-state index contributed by atoms with van der Waals surface area (Å²) in [6.07, 6.45) is 2.50. The van der Waals surface area contributed by atoms with Crippen molar-refractivity contribution in [2.45, 2.75) is 51.7 Å². The summed E-state index contributed by atoms with van der Waals surface area (Å²) in [5, 5.41) is 0. The van der Waals surface area contributed by atoms with Gasteiger partial charge in [-0.25, -0.2) is 4.39 Å². The van der Waals surface area contributed by atoms with Crippen LogP contribution in [0.2, 0.25) is 0 Å². The Morgan fingerprint density at radius 3 is 2.45 bits per heavy atom. The summed E-state index contributed by atoms with van der Waals surface area (Å²) in [5.41, 5.74) is 6.95. The molecule has 2 N–H and O–H groups in total. The third-order valence-electron chi connectivity index (χ3n) is 3.84. The van der Waals surface area contributed by atoms with E-state index in [0.29, 0.717) is 24.9 Å². The maximum atomic E-state index is 12.9. The first-order valence-electron chi connectivity index (χ1n) is 7.27. The molecule has 1 aromatic carbocycles. The lowest BCUT2D eigenvalue weighted by molar-refractivity contribution is -0.133. The lowest BCUT2D eigenvalue weighted by atomic mass is 10.0. The van der Waals surface area contributed by atoms with Gasteiger partial charge < -0.3 is 10.6 Å². The molecule has 2 rings (SSSR count). The summed E-state index contributed by atoms with van der Waals surface area (Å²) in [6.45, 7) is 4.60. The van der Waals surface area contributed by atoms with Crippen molar-refractivity contribution in [3.8, 4) is 0 Å². The first-order chi connectivity index (χ1) is 9.47. The molecule has 3 nitrogen and oxygen atoms in total. The Bertz CT molecular complexity index is 454. The number of nitrogens with two attached hydrogens (primary N) is 1. The quantitative estimate of drug-likeness (QED) is 0.869. The number of amides is 1. The van der Waals surface area contributed by atoms with Crippen LogP contribution in [0.5, 0.6) is 0 Å². The van der Waals surface area contributed by atoms with E-state index in [1.54, 1.807) is 12.1 Å². The maximum Gasteiger partial charge on any atom is 0.224 e. The van der Waals surface area contributed by atoms with Crippen molar-refractivity contribution in [2.24, 2.45) is 11.7 Å². The van der Waals surface area contributed by atoms with Gasteiger partial charge in [0.05, 0.1) is 0 Å². The van der Waals surface area contributed by atoms with E-state index in [1.165, 1.54) is 12.1 Å². The minimum absolute atomic E-state index is 0.100. The van der Waals surface area contributed by atoms with Crippen LogP contribution in [0.1, 0.15) is 38.7 Å². The van der Waals surface area contributed by atoms with Gasteiger partial charge in [0, 0.05) is 25.0 Å². The Morgan fingerprint density at radius 2 is 1.95 bits per heavy atom. The Hall–Kier alpha value is -1.42. The number of rotatable bonds is 6. The predicted molar refractivity (Wildman–Crippen MR) is 77.4 cm³/mol. The summed E-state index contributed by atoms with van der Waals surface area (Å²) in [7, 11) is 0. The Morgan fingerprint density at radius 1 is 1.35 bits per heavy atom. The largest absolute Gasteiger partial charge is 0.335 e. The lowest BCUT2D eigenvalue weighted by Crippen LogP contribution is -2.38. The molecule has 0 heterocycles. The molecule has 1 unspecified atom stereocenters. The topological polar surface area (TPSA) is 46.3 Å². The SMILES string of the molecule is CC(C)C(N)CC(=O)N(Cc1ccc(F)cc1)C1CC1. The Kier molecular flexibility index (Phi) is 4.76. The molecular weight excluding hydrogens is 255 g/mol. The second kappa shape index (κ2) is 6.35. The zero-order valence-corrected chi connectivity index (χ0v) is 12.2. The summed E-state index contributed by atoms with van der Waals surface area (Å²) < 4.78 is 12.9. The Balaban J connectivity index is 2.00. The Labute approximate surface area is 120 Å². The van der Waals surface area contributed by atoms with Crippen LogP contribution in [0.4, 0.5) is 4.39 Å². The molecule has 1 aromatic rings. The summed E-state index contributed by atoms with van der Waals surface area (Å²) in [6, 6.07) is 6.58. The summed E-state index contributed by atoms with van der Waals surface area (Å²) in [4.78, 5) is 14.3. The highest BCUT2D eigenvalue weighted by molar-refractivity contribution is 5.77. The van der Waals surface area contributed by atoms with Gasteiger partial charge in [-0.15, -0.1) is 0 Å². The number of halogens is 1. The lowest BCUT2D eigenvalue weighted by Gasteiger charge is -2.25. The second-order valence-corrected chi connectivity index (χ2v) is 5.99. The fourth-order valence-corrected chi connectivity index (χ4v) is 2.15. The number of hydrogen-bond donors (Lipinski definition) is 1. The van der Waals surface area contributed by atoms with Crippen molar-refractivity contribution in [3.05, 3.63) is 35.6 Å². The molecule has 0 aromatic heterocycles. The number of carbonyl (C=O) groups is 1. The first-order valence-corrected chi connectivity index (χ1v) is 7.27. The number of hydrogen-bond acceptors (Lipinski definition) is 2. The average molecular weight is 278 g/mol. The molecule has 1 fully saturated rings. The zero-order chi connectivity index (χ0) is 14.7. The number of benzene rings is 1. The van der Waals surface area contributed by atoms with E-state index in [9.17, 15) is 9.18 Å². The van der Waals surface area contributed by atoms with Gasteiger partial charge in [0.2, 0.25) is 5.91 Å². The molecule has 0 aliphatic heterocycles. The minimum atomic E-state index is -0.250. The molecule has 20 heavy (non-hydrogen) atoms. The molecule has 1 aliphatic carbocycles. The van der Waals surface area contributed by atoms with Gasteiger partial charge in [-0.1, -0.05) is 26.0 Å². The van der Waals surface area contributed by atoms with Crippen LogP contribution < -0.4 is 5.73 Å². The summed E-state index contributed by atoms with van der Waals surface area (Å²) in [5.74, 6) is 0.156. The second-order valence-electron chi connectivity index (χ2n) is 5.99. The van der Waals surface area contributed by atoms with E-state index in [0.717, 1.165) is 18.4 Å². The fourth-order valence-electron chi connectivity index (χ4n) is 2.15. The van der Waals surface area contributed by atoms with Crippen molar-refractivity contribution in [2.75, 3.05) is 0 Å². The molecule has 0 saturated heterocycles. The summed E-state index contributed by atoms with van der Waals surface area (Å²) >= 11 is 0. The molecule has 4 heteroatoms.